The highest BCUT2D eigenvalue weighted by atomic mass is 79.9. The van der Waals surface area contributed by atoms with Crippen molar-refractivity contribution in [3.8, 4) is 0 Å². The maximum absolute atomic E-state index is 6.23. The van der Waals surface area contributed by atoms with Crippen molar-refractivity contribution >= 4 is 43.5 Å². The average Bonchev–Trinajstić information content (AvgIpc) is 2.33. The van der Waals surface area contributed by atoms with Gasteiger partial charge in [-0.15, -0.1) is 0 Å². The molecule has 2 aromatic carbocycles. The van der Waals surface area contributed by atoms with Crippen LogP contribution < -0.4 is 5.73 Å². The summed E-state index contributed by atoms with van der Waals surface area (Å²) in [6, 6.07) is 13.8. The fraction of sp³-hybridized carbons (Fsp3) is 0.143. The van der Waals surface area contributed by atoms with Crippen LogP contribution in [0.3, 0.4) is 0 Å². The number of halogens is 3. The van der Waals surface area contributed by atoms with E-state index >= 15 is 0 Å². The molecule has 2 N–H and O–H groups in total. The monoisotopic (exact) mass is 387 g/mol. The molecule has 0 saturated carbocycles. The van der Waals surface area contributed by atoms with Gasteiger partial charge in [0.25, 0.3) is 0 Å². The van der Waals surface area contributed by atoms with E-state index in [4.69, 9.17) is 17.3 Å². The highest BCUT2D eigenvalue weighted by molar-refractivity contribution is 9.10. The number of nitrogens with two attached hydrogens (primary N) is 1. The zero-order valence-corrected chi connectivity index (χ0v) is 13.5. The van der Waals surface area contributed by atoms with E-state index in [1.807, 2.05) is 42.5 Å². The lowest BCUT2D eigenvalue weighted by molar-refractivity contribution is 0.718. The van der Waals surface area contributed by atoms with Gasteiger partial charge in [-0.2, -0.15) is 0 Å². The van der Waals surface area contributed by atoms with E-state index in [1.165, 1.54) is 0 Å². The normalized spacial score (nSPS) is 12.4. The molecule has 0 saturated heterocycles. The van der Waals surface area contributed by atoms with Gasteiger partial charge in [-0.05, 0) is 35.7 Å². The Hall–Kier alpha value is -0.350. The van der Waals surface area contributed by atoms with Crippen LogP contribution in [0.1, 0.15) is 17.2 Å². The summed E-state index contributed by atoms with van der Waals surface area (Å²) in [7, 11) is 0. The van der Waals surface area contributed by atoms with Gasteiger partial charge in [-0.25, -0.2) is 0 Å². The quantitative estimate of drug-likeness (QED) is 0.776. The van der Waals surface area contributed by atoms with Crippen LogP contribution in [0, 0.1) is 0 Å². The van der Waals surface area contributed by atoms with Gasteiger partial charge in [0.15, 0.2) is 0 Å². The Morgan fingerprint density at radius 3 is 2.50 bits per heavy atom. The SMILES string of the molecule is NC(Cc1ccc(Br)cc1Cl)c1ccccc1Br. The summed E-state index contributed by atoms with van der Waals surface area (Å²) >= 11 is 13.1. The third-order valence-corrected chi connectivity index (χ3v) is 4.33. The van der Waals surface area contributed by atoms with E-state index < -0.39 is 0 Å². The van der Waals surface area contributed by atoms with Crippen molar-refractivity contribution in [3.63, 3.8) is 0 Å². The lowest BCUT2D eigenvalue weighted by atomic mass is 10.00. The minimum Gasteiger partial charge on any atom is -0.324 e. The van der Waals surface area contributed by atoms with E-state index in [1.54, 1.807) is 0 Å². The first-order chi connectivity index (χ1) is 8.58. The predicted octanol–water partition coefficient (Wildman–Crippen LogP) is 5.11. The zero-order chi connectivity index (χ0) is 13.1. The Morgan fingerprint density at radius 1 is 1.11 bits per heavy atom. The third kappa shape index (κ3) is 3.35. The third-order valence-electron chi connectivity index (χ3n) is 2.76. The fourth-order valence-corrected chi connectivity index (χ4v) is 3.14. The van der Waals surface area contributed by atoms with Gasteiger partial charge in [0.05, 0.1) is 0 Å². The van der Waals surface area contributed by atoms with Gasteiger partial charge in [0.2, 0.25) is 0 Å². The highest BCUT2D eigenvalue weighted by Gasteiger charge is 2.12. The standard InChI is InChI=1S/C14H12Br2ClN/c15-10-6-5-9(13(17)8-10)7-14(18)11-3-1-2-4-12(11)16/h1-6,8,14H,7,18H2. The van der Waals surface area contributed by atoms with E-state index in [0.717, 1.165) is 25.1 Å². The first-order valence-electron chi connectivity index (χ1n) is 5.52. The molecule has 0 aliphatic rings. The molecule has 94 valence electrons. The Labute approximate surface area is 129 Å². The van der Waals surface area contributed by atoms with Crippen LogP contribution in [-0.2, 0) is 6.42 Å². The molecule has 0 heterocycles. The molecule has 4 heteroatoms. The summed E-state index contributed by atoms with van der Waals surface area (Å²) < 4.78 is 2.01. The molecule has 0 aliphatic heterocycles. The highest BCUT2D eigenvalue weighted by Crippen LogP contribution is 2.28. The Balaban J connectivity index is 2.21. The maximum atomic E-state index is 6.23. The molecule has 0 bridgehead atoms. The fourth-order valence-electron chi connectivity index (χ4n) is 1.81. The zero-order valence-electron chi connectivity index (χ0n) is 9.54. The predicted molar refractivity (Wildman–Crippen MR) is 83.9 cm³/mol. The van der Waals surface area contributed by atoms with Gasteiger partial charge in [0.1, 0.15) is 0 Å². The van der Waals surface area contributed by atoms with Crippen LogP contribution in [0.5, 0.6) is 0 Å². The van der Waals surface area contributed by atoms with Crippen LogP contribution in [0.2, 0.25) is 5.02 Å². The molecule has 0 fully saturated rings. The van der Waals surface area contributed by atoms with E-state index in [9.17, 15) is 0 Å². The summed E-state index contributed by atoms with van der Waals surface area (Å²) in [5.74, 6) is 0. The van der Waals surface area contributed by atoms with E-state index in [2.05, 4.69) is 31.9 Å². The summed E-state index contributed by atoms with van der Waals surface area (Å²) in [4.78, 5) is 0. The maximum Gasteiger partial charge on any atom is 0.0449 e. The van der Waals surface area contributed by atoms with Gasteiger partial charge in [-0.1, -0.05) is 67.7 Å². The summed E-state index contributed by atoms with van der Waals surface area (Å²) in [6.45, 7) is 0. The van der Waals surface area contributed by atoms with Crippen molar-refractivity contribution in [2.45, 2.75) is 12.5 Å². The molecule has 0 amide bonds. The Morgan fingerprint density at radius 2 is 1.83 bits per heavy atom. The Kier molecular flexibility index (Phi) is 4.84. The van der Waals surface area contributed by atoms with Crippen LogP contribution in [0.15, 0.2) is 51.4 Å². The molecule has 1 unspecified atom stereocenters. The first kappa shape index (κ1) is 14.1. The number of hydrogen-bond donors (Lipinski definition) is 1. The lowest BCUT2D eigenvalue weighted by Gasteiger charge is -2.15. The van der Waals surface area contributed by atoms with Crippen molar-refractivity contribution in [2.75, 3.05) is 0 Å². The molecular formula is C14H12Br2ClN. The second-order valence-electron chi connectivity index (χ2n) is 4.07. The van der Waals surface area contributed by atoms with Crippen molar-refractivity contribution in [1.29, 1.82) is 0 Å². The van der Waals surface area contributed by atoms with Crippen LogP contribution in [0.4, 0.5) is 0 Å². The van der Waals surface area contributed by atoms with Crippen molar-refractivity contribution in [1.82, 2.24) is 0 Å². The lowest BCUT2D eigenvalue weighted by Crippen LogP contribution is -2.14. The number of rotatable bonds is 3. The van der Waals surface area contributed by atoms with Gasteiger partial charge in [-0.3, -0.25) is 0 Å². The van der Waals surface area contributed by atoms with Gasteiger partial charge < -0.3 is 5.73 Å². The van der Waals surface area contributed by atoms with Crippen LogP contribution in [0.25, 0.3) is 0 Å². The first-order valence-corrected chi connectivity index (χ1v) is 7.48. The minimum absolute atomic E-state index is 0.0701. The summed E-state index contributed by atoms with van der Waals surface area (Å²) in [5, 5.41) is 0.742. The molecule has 2 aromatic rings. The summed E-state index contributed by atoms with van der Waals surface area (Å²) in [5.41, 5.74) is 8.39. The average molecular weight is 390 g/mol. The molecule has 1 nitrogen and oxygen atoms in total. The van der Waals surface area contributed by atoms with Crippen molar-refractivity contribution in [2.24, 2.45) is 5.73 Å². The molecule has 0 spiro atoms. The van der Waals surface area contributed by atoms with Crippen LogP contribution >= 0.6 is 43.5 Å². The molecule has 1 atom stereocenters. The molecule has 0 radical (unpaired) electrons. The topological polar surface area (TPSA) is 26.0 Å². The molecule has 0 aromatic heterocycles. The molecule has 18 heavy (non-hydrogen) atoms. The second-order valence-corrected chi connectivity index (χ2v) is 6.25. The van der Waals surface area contributed by atoms with Crippen molar-refractivity contribution < 1.29 is 0 Å². The molecule has 0 aliphatic carbocycles. The van der Waals surface area contributed by atoms with Crippen LogP contribution in [-0.4, -0.2) is 0 Å². The largest absolute Gasteiger partial charge is 0.324 e. The summed E-state index contributed by atoms with van der Waals surface area (Å²) in [6.07, 6.45) is 0.717. The number of benzene rings is 2. The molecular weight excluding hydrogens is 377 g/mol. The number of hydrogen-bond acceptors (Lipinski definition) is 1. The van der Waals surface area contributed by atoms with E-state index in [-0.39, 0.29) is 6.04 Å². The smallest absolute Gasteiger partial charge is 0.0449 e. The van der Waals surface area contributed by atoms with E-state index in [0.29, 0.717) is 6.42 Å². The van der Waals surface area contributed by atoms with Gasteiger partial charge in [0, 0.05) is 20.0 Å². The second kappa shape index (κ2) is 6.20. The molecule has 2 rings (SSSR count). The Bertz CT molecular complexity index is 557. The van der Waals surface area contributed by atoms with Gasteiger partial charge >= 0.3 is 0 Å². The minimum atomic E-state index is -0.0701. The van der Waals surface area contributed by atoms with Crippen molar-refractivity contribution in [3.05, 3.63) is 67.6 Å².